The lowest BCUT2D eigenvalue weighted by atomic mass is 9.96. The van der Waals surface area contributed by atoms with Crippen LogP contribution in [0.2, 0.25) is 0 Å². The van der Waals surface area contributed by atoms with Gasteiger partial charge in [0.2, 0.25) is 0 Å². The molecule has 0 aromatic heterocycles. The van der Waals surface area contributed by atoms with E-state index in [1.807, 2.05) is 0 Å². The van der Waals surface area contributed by atoms with Crippen molar-refractivity contribution >= 4 is 0 Å². The quantitative estimate of drug-likeness (QED) is 0.824. The molecule has 0 radical (unpaired) electrons. The zero-order chi connectivity index (χ0) is 12.5. The Labute approximate surface area is 91.9 Å². The molecule has 0 bridgehead atoms. The van der Waals surface area contributed by atoms with Crippen molar-refractivity contribution in [3.05, 3.63) is 29.3 Å². The first-order chi connectivity index (χ1) is 7.25. The molecule has 1 atom stereocenters. The van der Waals surface area contributed by atoms with Gasteiger partial charge in [-0.05, 0) is 11.5 Å². The molecule has 0 saturated heterocycles. The van der Waals surface area contributed by atoms with Crippen LogP contribution in [0.5, 0.6) is 5.75 Å². The number of halogens is 3. The van der Waals surface area contributed by atoms with Gasteiger partial charge in [-0.3, -0.25) is 0 Å². The highest BCUT2D eigenvalue weighted by Crippen LogP contribution is 2.38. The molecular weight excluding hydrogens is 219 g/mol. The normalized spacial score (nSPS) is 14.2. The average Bonchev–Trinajstić information content (AvgIpc) is 2.15. The van der Waals surface area contributed by atoms with Crippen molar-refractivity contribution in [3.8, 4) is 5.75 Å². The summed E-state index contributed by atoms with van der Waals surface area (Å²) in [4.78, 5) is 0. The predicted molar refractivity (Wildman–Crippen MR) is 55.2 cm³/mol. The highest BCUT2D eigenvalue weighted by Gasteiger charge is 2.39. The Morgan fingerprint density at radius 1 is 1.19 bits per heavy atom. The van der Waals surface area contributed by atoms with Crippen molar-refractivity contribution in [2.45, 2.75) is 32.0 Å². The fourth-order valence-corrected chi connectivity index (χ4v) is 1.47. The molecule has 5 heteroatoms. The second-order valence-corrected chi connectivity index (χ2v) is 3.96. The molecule has 0 amide bonds. The van der Waals surface area contributed by atoms with Crippen LogP contribution in [-0.4, -0.2) is 11.3 Å². The van der Waals surface area contributed by atoms with E-state index in [0.717, 1.165) is 0 Å². The number of alkyl halides is 3. The minimum absolute atomic E-state index is 0.0552. The van der Waals surface area contributed by atoms with Gasteiger partial charge in [-0.25, -0.2) is 0 Å². The summed E-state index contributed by atoms with van der Waals surface area (Å²) in [5, 5.41) is 9.71. The van der Waals surface area contributed by atoms with E-state index in [2.05, 4.69) is 0 Å². The van der Waals surface area contributed by atoms with Crippen LogP contribution in [0.25, 0.3) is 0 Å². The minimum Gasteiger partial charge on any atom is -0.507 e. The van der Waals surface area contributed by atoms with Crippen LogP contribution in [0.1, 0.15) is 36.9 Å². The number of hydrogen-bond donors (Lipinski definition) is 2. The van der Waals surface area contributed by atoms with Crippen LogP contribution in [-0.2, 0) is 0 Å². The summed E-state index contributed by atoms with van der Waals surface area (Å²) in [5.41, 5.74) is 5.25. The van der Waals surface area contributed by atoms with Crippen LogP contribution in [0.15, 0.2) is 18.2 Å². The van der Waals surface area contributed by atoms with Gasteiger partial charge >= 0.3 is 6.18 Å². The Hall–Kier alpha value is -1.23. The van der Waals surface area contributed by atoms with Crippen LogP contribution in [0, 0.1) is 0 Å². The summed E-state index contributed by atoms with van der Waals surface area (Å²) < 4.78 is 37.2. The Balaban J connectivity index is 3.21. The van der Waals surface area contributed by atoms with Gasteiger partial charge in [-0.15, -0.1) is 0 Å². The van der Waals surface area contributed by atoms with Crippen molar-refractivity contribution in [2.24, 2.45) is 5.73 Å². The molecule has 0 aliphatic carbocycles. The van der Waals surface area contributed by atoms with Gasteiger partial charge < -0.3 is 10.8 Å². The zero-order valence-electron chi connectivity index (χ0n) is 9.05. The van der Waals surface area contributed by atoms with Crippen molar-refractivity contribution in [3.63, 3.8) is 0 Å². The van der Waals surface area contributed by atoms with Gasteiger partial charge in [0.1, 0.15) is 11.8 Å². The molecule has 0 fully saturated rings. The molecule has 3 N–H and O–H groups in total. The largest absolute Gasteiger partial charge is 0.507 e. The molecule has 0 unspecified atom stereocenters. The maximum Gasteiger partial charge on any atom is 0.407 e. The van der Waals surface area contributed by atoms with Crippen molar-refractivity contribution in [1.29, 1.82) is 0 Å². The third-order valence-corrected chi connectivity index (χ3v) is 2.41. The van der Waals surface area contributed by atoms with E-state index in [1.165, 1.54) is 12.1 Å². The van der Waals surface area contributed by atoms with Crippen molar-refractivity contribution < 1.29 is 18.3 Å². The van der Waals surface area contributed by atoms with E-state index < -0.39 is 12.2 Å². The fourth-order valence-electron chi connectivity index (χ4n) is 1.47. The van der Waals surface area contributed by atoms with E-state index in [-0.39, 0.29) is 17.2 Å². The third kappa shape index (κ3) is 2.47. The molecule has 0 aliphatic rings. The van der Waals surface area contributed by atoms with E-state index in [1.54, 1.807) is 19.9 Å². The van der Waals surface area contributed by atoms with Crippen LogP contribution < -0.4 is 5.73 Å². The molecule has 90 valence electrons. The Morgan fingerprint density at radius 2 is 1.69 bits per heavy atom. The lowest BCUT2D eigenvalue weighted by Gasteiger charge is -2.19. The molecule has 2 nitrogen and oxygen atoms in total. The standard InChI is InChI=1S/C11H14F3NO/c1-6(2)7-4-3-5-8(9(7)16)10(15)11(12,13)14/h3-6,10,16H,15H2,1-2H3/t10-/m1/s1. The highest BCUT2D eigenvalue weighted by atomic mass is 19.4. The van der Waals surface area contributed by atoms with Gasteiger partial charge in [0, 0.05) is 5.56 Å². The molecule has 1 aromatic carbocycles. The number of hydrogen-bond acceptors (Lipinski definition) is 2. The van der Waals surface area contributed by atoms with Crippen LogP contribution in [0.4, 0.5) is 13.2 Å². The fraction of sp³-hybridized carbons (Fsp3) is 0.455. The van der Waals surface area contributed by atoms with Crippen LogP contribution in [0.3, 0.4) is 0 Å². The SMILES string of the molecule is CC(C)c1cccc([C@@H](N)C(F)(F)F)c1O. The number of phenols is 1. The first-order valence-corrected chi connectivity index (χ1v) is 4.89. The summed E-state index contributed by atoms with van der Waals surface area (Å²) in [6.45, 7) is 3.58. The molecule has 1 rings (SSSR count). The number of rotatable bonds is 2. The predicted octanol–water partition coefficient (Wildman–Crippen LogP) is 3.08. The number of aromatic hydroxyl groups is 1. The van der Waals surface area contributed by atoms with E-state index >= 15 is 0 Å². The maximum absolute atomic E-state index is 12.4. The molecule has 0 spiro atoms. The average molecular weight is 233 g/mol. The Kier molecular flexibility index (Phi) is 3.48. The lowest BCUT2D eigenvalue weighted by molar-refractivity contribution is -0.149. The number of benzene rings is 1. The number of nitrogens with two attached hydrogens (primary N) is 1. The van der Waals surface area contributed by atoms with E-state index in [4.69, 9.17) is 5.73 Å². The zero-order valence-corrected chi connectivity index (χ0v) is 9.05. The van der Waals surface area contributed by atoms with Gasteiger partial charge in [0.15, 0.2) is 0 Å². The molecule has 16 heavy (non-hydrogen) atoms. The number of para-hydroxylation sites is 1. The summed E-state index contributed by atoms with van der Waals surface area (Å²) >= 11 is 0. The first-order valence-electron chi connectivity index (χ1n) is 4.89. The minimum atomic E-state index is -4.55. The molecular formula is C11H14F3NO. The molecule has 0 aliphatic heterocycles. The van der Waals surface area contributed by atoms with E-state index in [0.29, 0.717) is 5.56 Å². The van der Waals surface area contributed by atoms with Crippen molar-refractivity contribution in [2.75, 3.05) is 0 Å². The molecule has 0 heterocycles. The summed E-state index contributed by atoms with van der Waals surface area (Å²) in [6, 6.07) is 2.10. The summed E-state index contributed by atoms with van der Waals surface area (Å²) in [7, 11) is 0. The highest BCUT2D eigenvalue weighted by molar-refractivity contribution is 5.44. The summed E-state index contributed by atoms with van der Waals surface area (Å²) in [5.74, 6) is -0.414. The Bertz CT molecular complexity index is 374. The van der Waals surface area contributed by atoms with Crippen molar-refractivity contribution in [1.82, 2.24) is 0 Å². The second-order valence-electron chi connectivity index (χ2n) is 3.96. The molecule has 0 saturated carbocycles. The van der Waals surface area contributed by atoms with Gasteiger partial charge in [-0.1, -0.05) is 32.0 Å². The summed E-state index contributed by atoms with van der Waals surface area (Å²) in [6.07, 6.45) is -4.55. The van der Waals surface area contributed by atoms with Gasteiger partial charge in [-0.2, -0.15) is 13.2 Å². The first kappa shape index (κ1) is 12.8. The Morgan fingerprint density at radius 3 is 2.12 bits per heavy atom. The smallest absolute Gasteiger partial charge is 0.407 e. The lowest BCUT2D eigenvalue weighted by Crippen LogP contribution is -2.28. The van der Waals surface area contributed by atoms with Crippen LogP contribution >= 0.6 is 0 Å². The topological polar surface area (TPSA) is 46.2 Å². The van der Waals surface area contributed by atoms with Gasteiger partial charge in [0.25, 0.3) is 0 Å². The maximum atomic E-state index is 12.4. The van der Waals surface area contributed by atoms with Gasteiger partial charge in [0.05, 0.1) is 0 Å². The molecule has 1 aromatic rings. The third-order valence-electron chi connectivity index (χ3n) is 2.41. The number of phenolic OH excluding ortho intramolecular Hbond substituents is 1. The van der Waals surface area contributed by atoms with E-state index in [9.17, 15) is 18.3 Å². The second kappa shape index (κ2) is 4.33. The monoisotopic (exact) mass is 233 g/mol.